The minimum Gasteiger partial charge on any atom is -0.379 e. The van der Waals surface area contributed by atoms with Crippen molar-refractivity contribution in [3.63, 3.8) is 0 Å². The maximum atomic E-state index is 5.41. The van der Waals surface area contributed by atoms with E-state index in [2.05, 4.69) is 25.7 Å². The standard InChI is InChI=1S/C12H25NO2/c1-4-6-7-14-8-9-15-11-12(3)10-13-5-2/h13H,3-11H2,1-2H3. The Morgan fingerprint density at radius 3 is 2.53 bits per heavy atom. The molecule has 0 aliphatic rings. The van der Waals surface area contributed by atoms with Gasteiger partial charge in [-0.3, -0.25) is 0 Å². The van der Waals surface area contributed by atoms with Gasteiger partial charge in [0, 0.05) is 13.2 Å². The monoisotopic (exact) mass is 215 g/mol. The van der Waals surface area contributed by atoms with Crippen LogP contribution in [0, 0.1) is 0 Å². The highest BCUT2D eigenvalue weighted by Crippen LogP contribution is 1.91. The third-order valence-electron chi connectivity index (χ3n) is 1.95. The minimum atomic E-state index is 0.629. The lowest BCUT2D eigenvalue weighted by Crippen LogP contribution is -2.18. The summed E-state index contributed by atoms with van der Waals surface area (Å²) >= 11 is 0. The first kappa shape index (κ1) is 14.6. The van der Waals surface area contributed by atoms with Crippen molar-refractivity contribution < 1.29 is 9.47 Å². The molecule has 0 unspecified atom stereocenters. The van der Waals surface area contributed by atoms with Crippen LogP contribution in [0.2, 0.25) is 0 Å². The molecule has 0 amide bonds. The molecule has 0 radical (unpaired) electrons. The molecule has 3 nitrogen and oxygen atoms in total. The van der Waals surface area contributed by atoms with Crippen molar-refractivity contribution in [3.05, 3.63) is 12.2 Å². The van der Waals surface area contributed by atoms with Crippen LogP contribution in [0.25, 0.3) is 0 Å². The third kappa shape index (κ3) is 11.5. The fourth-order valence-corrected chi connectivity index (χ4v) is 1.04. The Bertz CT molecular complexity index is 149. The normalized spacial score (nSPS) is 10.5. The van der Waals surface area contributed by atoms with Crippen LogP contribution in [0.5, 0.6) is 0 Å². The lowest BCUT2D eigenvalue weighted by Gasteiger charge is -2.08. The quantitative estimate of drug-likeness (QED) is 0.422. The van der Waals surface area contributed by atoms with E-state index in [0.717, 1.165) is 31.7 Å². The van der Waals surface area contributed by atoms with Gasteiger partial charge >= 0.3 is 0 Å². The molecule has 0 heterocycles. The largest absolute Gasteiger partial charge is 0.379 e. The summed E-state index contributed by atoms with van der Waals surface area (Å²) in [5.41, 5.74) is 1.09. The molecule has 0 aliphatic heterocycles. The summed E-state index contributed by atoms with van der Waals surface area (Å²) in [5.74, 6) is 0. The number of ether oxygens (including phenoxy) is 2. The second-order valence-electron chi connectivity index (χ2n) is 3.55. The minimum absolute atomic E-state index is 0.629. The van der Waals surface area contributed by atoms with Gasteiger partial charge in [-0.25, -0.2) is 0 Å². The number of unbranched alkanes of at least 4 members (excludes halogenated alkanes) is 1. The average molecular weight is 215 g/mol. The maximum absolute atomic E-state index is 5.41. The van der Waals surface area contributed by atoms with E-state index in [-0.39, 0.29) is 0 Å². The Balaban J connectivity index is 3.06. The highest BCUT2D eigenvalue weighted by Gasteiger charge is 1.94. The van der Waals surface area contributed by atoms with Gasteiger partial charge < -0.3 is 14.8 Å². The Labute approximate surface area is 93.8 Å². The number of hydrogen-bond donors (Lipinski definition) is 1. The molecule has 1 N–H and O–H groups in total. The molecule has 0 saturated carbocycles. The molecule has 0 spiro atoms. The maximum Gasteiger partial charge on any atom is 0.0704 e. The lowest BCUT2D eigenvalue weighted by atomic mass is 10.3. The van der Waals surface area contributed by atoms with Crippen molar-refractivity contribution in [2.45, 2.75) is 26.7 Å². The van der Waals surface area contributed by atoms with Gasteiger partial charge in [0.1, 0.15) is 0 Å². The molecule has 0 bridgehead atoms. The second kappa shape index (κ2) is 11.7. The molecule has 0 fully saturated rings. The summed E-state index contributed by atoms with van der Waals surface area (Å²) in [4.78, 5) is 0. The summed E-state index contributed by atoms with van der Waals surface area (Å²) in [5, 5.41) is 3.21. The van der Waals surface area contributed by atoms with Crippen LogP contribution in [0.4, 0.5) is 0 Å². The molecule has 0 aromatic carbocycles. The molecular weight excluding hydrogens is 190 g/mol. The fourth-order valence-electron chi connectivity index (χ4n) is 1.04. The molecule has 0 saturated heterocycles. The summed E-state index contributed by atoms with van der Waals surface area (Å²) in [7, 11) is 0. The highest BCUT2D eigenvalue weighted by atomic mass is 16.5. The van der Waals surface area contributed by atoms with E-state index in [1.54, 1.807) is 0 Å². The first-order valence-electron chi connectivity index (χ1n) is 5.84. The number of likely N-dealkylation sites (N-methyl/N-ethyl adjacent to an activating group) is 1. The average Bonchev–Trinajstić information content (AvgIpc) is 2.25. The van der Waals surface area contributed by atoms with E-state index in [1.807, 2.05) is 0 Å². The van der Waals surface area contributed by atoms with Gasteiger partial charge in [-0.2, -0.15) is 0 Å². The van der Waals surface area contributed by atoms with Gasteiger partial charge in [0.2, 0.25) is 0 Å². The zero-order chi connectivity index (χ0) is 11.4. The highest BCUT2D eigenvalue weighted by molar-refractivity contribution is 4.96. The van der Waals surface area contributed by atoms with Crippen LogP contribution >= 0.6 is 0 Å². The molecule has 0 atom stereocenters. The van der Waals surface area contributed by atoms with Crippen molar-refractivity contribution in [2.24, 2.45) is 0 Å². The zero-order valence-corrected chi connectivity index (χ0v) is 10.2. The smallest absolute Gasteiger partial charge is 0.0704 e. The van der Waals surface area contributed by atoms with E-state index in [1.165, 1.54) is 6.42 Å². The van der Waals surface area contributed by atoms with Gasteiger partial charge in [-0.1, -0.05) is 26.8 Å². The van der Waals surface area contributed by atoms with E-state index >= 15 is 0 Å². The van der Waals surface area contributed by atoms with Crippen LogP contribution in [-0.2, 0) is 9.47 Å². The van der Waals surface area contributed by atoms with Crippen LogP contribution in [-0.4, -0.2) is 39.5 Å². The van der Waals surface area contributed by atoms with Crippen molar-refractivity contribution in [1.82, 2.24) is 5.32 Å². The van der Waals surface area contributed by atoms with Crippen LogP contribution in [0.15, 0.2) is 12.2 Å². The van der Waals surface area contributed by atoms with Gasteiger partial charge in [-0.15, -0.1) is 0 Å². The Morgan fingerprint density at radius 1 is 1.13 bits per heavy atom. The molecule has 90 valence electrons. The SMILES string of the molecule is C=C(CNCC)COCCOCCCC. The van der Waals surface area contributed by atoms with E-state index < -0.39 is 0 Å². The van der Waals surface area contributed by atoms with Crippen LogP contribution in [0.1, 0.15) is 26.7 Å². The molecule has 0 aromatic heterocycles. The molecular formula is C12H25NO2. The molecule has 0 aliphatic carbocycles. The molecule has 15 heavy (non-hydrogen) atoms. The first-order valence-corrected chi connectivity index (χ1v) is 5.84. The molecule has 3 heteroatoms. The molecule has 0 rings (SSSR count). The summed E-state index contributed by atoms with van der Waals surface area (Å²) in [6, 6.07) is 0. The zero-order valence-electron chi connectivity index (χ0n) is 10.2. The summed E-state index contributed by atoms with van der Waals surface area (Å²) < 4.78 is 10.8. The van der Waals surface area contributed by atoms with Crippen molar-refractivity contribution in [2.75, 3.05) is 39.5 Å². The Hall–Kier alpha value is -0.380. The second-order valence-corrected chi connectivity index (χ2v) is 3.55. The van der Waals surface area contributed by atoms with E-state index in [0.29, 0.717) is 19.8 Å². The van der Waals surface area contributed by atoms with Crippen molar-refractivity contribution in [1.29, 1.82) is 0 Å². The fraction of sp³-hybridized carbons (Fsp3) is 0.833. The number of hydrogen-bond acceptors (Lipinski definition) is 3. The van der Waals surface area contributed by atoms with Gasteiger partial charge in [-0.05, 0) is 18.5 Å². The van der Waals surface area contributed by atoms with Crippen LogP contribution < -0.4 is 5.32 Å². The number of rotatable bonds is 11. The Kier molecular flexibility index (Phi) is 11.4. The van der Waals surface area contributed by atoms with Crippen molar-refractivity contribution >= 4 is 0 Å². The lowest BCUT2D eigenvalue weighted by molar-refractivity contribution is 0.0548. The topological polar surface area (TPSA) is 30.5 Å². The molecule has 0 aromatic rings. The van der Waals surface area contributed by atoms with Crippen molar-refractivity contribution in [3.8, 4) is 0 Å². The number of nitrogens with one attached hydrogen (secondary N) is 1. The first-order chi connectivity index (χ1) is 7.31. The predicted molar refractivity (Wildman–Crippen MR) is 64.2 cm³/mol. The van der Waals surface area contributed by atoms with Gasteiger partial charge in [0.25, 0.3) is 0 Å². The van der Waals surface area contributed by atoms with Gasteiger partial charge in [0.05, 0.1) is 19.8 Å². The van der Waals surface area contributed by atoms with Gasteiger partial charge in [0.15, 0.2) is 0 Å². The van der Waals surface area contributed by atoms with E-state index in [9.17, 15) is 0 Å². The Morgan fingerprint density at radius 2 is 1.87 bits per heavy atom. The third-order valence-corrected chi connectivity index (χ3v) is 1.95. The summed E-state index contributed by atoms with van der Waals surface area (Å²) in [6.07, 6.45) is 2.31. The summed E-state index contributed by atoms with van der Waals surface area (Å²) in [6.45, 7) is 12.8. The van der Waals surface area contributed by atoms with E-state index in [4.69, 9.17) is 9.47 Å². The van der Waals surface area contributed by atoms with Crippen LogP contribution in [0.3, 0.4) is 0 Å². The predicted octanol–water partition coefficient (Wildman–Crippen LogP) is 1.99.